The van der Waals surface area contributed by atoms with Crippen molar-refractivity contribution >= 4 is 16.7 Å². The predicted octanol–water partition coefficient (Wildman–Crippen LogP) is 0.0788. The lowest BCUT2D eigenvalue weighted by Crippen LogP contribution is -2.15. The second-order valence-electron chi connectivity index (χ2n) is 3.37. The summed E-state index contributed by atoms with van der Waals surface area (Å²) in [6.07, 6.45) is 2.43. The normalized spacial score (nSPS) is 10.6. The summed E-state index contributed by atoms with van der Waals surface area (Å²) < 4.78 is 0. The fourth-order valence-electron chi connectivity index (χ4n) is 1.44. The summed E-state index contributed by atoms with van der Waals surface area (Å²) in [6, 6.07) is 3.59. The van der Waals surface area contributed by atoms with E-state index in [9.17, 15) is 4.79 Å². The Hall–Kier alpha value is -1.95. The number of anilines is 1. The molecule has 2 rings (SSSR count). The van der Waals surface area contributed by atoms with Gasteiger partial charge in [0, 0.05) is 12.7 Å². The van der Waals surface area contributed by atoms with E-state index in [-0.39, 0.29) is 5.56 Å². The third-order valence-electron chi connectivity index (χ3n) is 2.22. The molecule has 0 spiro atoms. The van der Waals surface area contributed by atoms with E-state index < -0.39 is 0 Å². The summed E-state index contributed by atoms with van der Waals surface area (Å²) in [5.74, 6) is 0.635. The predicted molar refractivity (Wildman–Crippen MR) is 62.3 cm³/mol. The first-order valence-corrected chi connectivity index (χ1v) is 5.10. The van der Waals surface area contributed by atoms with Gasteiger partial charge in [0.1, 0.15) is 5.52 Å². The summed E-state index contributed by atoms with van der Waals surface area (Å²) in [7, 11) is 0. The summed E-state index contributed by atoms with van der Waals surface area (Å²) in [5, 5.41) is 10.2. The molecule has 0 fully saturated rings. The maximum Gasteiger partial charge on any atom is 0.290 e. The van der Waals surface area contributed by atoms with Gasteiger partial charge in [0.2, 0.25) is 0 Å². The number of pyridine rings is 1. The molecule has 0 aliphatic carbocycles. The monoisotopic (exact) mass is 219 g/mol. The van der Waals surface area contributed by atoms with Crippen LogP contribution in [0.1, 0.15) is 6.42 Å². The quantitative estimate of drug-likeness (QED) is 0.633. The molecule has 2 aromatic rings. The van der Waals surface area contributed by atoms with E-state index in [4.69, 9.17) is 5.73 Å². The number of fused-ring (bicyclic) bond motifs is 1. The van der Waals surface area contributed by atoms with Crippen LogP contribution in [-0.4, -0.2) is 28.3 Å². The van der Waals surface area contributed by atoms with Gasteiger partial charge in [0.05, 0.1) is 5.39 Å². The highest BCUT2D eigenvalue weighted by atomic mass is 16.1. The Morgan fingerprint density at radius 3 is 3.19 bits per heavy atom. The molecule has 0 atom stereocenters. The van der Waals surface area contributed by atoms with Crippen LogP contribution in [0.3, 0.4) is 0 Å². The van der Waals surface area contributed by atoms with Crippen LogP contribution >= 0.6 is 0 Å². The first kappa shape index (κ1) is 10.6. The number of nitrogens with one attached hydrogen (secondary N) is 2. The first-order chi connectivity index (χ1) is 7.83. The lowest BCUT2D eigenvalue weighted by Gasteiger charge is -2.06. The standard InChI is InChI=1S/C10H13N5O/c11-4-2-6-13-9-7-3-1-5-12-8(7)10(16)15-14-9/h1,3,5H,2,4,6,11H2,(H,13,14)(H,15,16). The largest absolute Gasteiger partial charge is 0.368 e. The van der Waals surface area contributed by atoms with E-state index in [0.29, 0.717) is 17.9 Å². The van der Waals surface area contributed by atoms with E-state index in [2.05, 4.69) is 20.5 Å². The van der Waals surface area contributed by atoms with Gasteiger partial charge >= 0.3 is 0 Å². The molecule has 0 amide bonds. The molecule has 0 aliphatic heterocycles. The number of rotatable bonds is 4. The second kappa shape index (κ2) is 4.71. The Morgan fingerprint density at radius 1 is 1.50 bits per heavy atom. The van der Waals surface area contributed by atoms with Crippen molar-refractivity contribution in [3.05, 3.63) is 28.7 Å². The molecule has 0 aliphatic rings. The third-order valence-corrected chi connectivity index (χ3v) is 2.22. The van der Waals surface area contributed by atoms with Crippen molar-refractivity contribution in [2.75, 3.05) is 18.4 Å². The van der Waals surface area contributed by atoms with Crippen LogP contribution in [0, 0.1) is 0 Å². The van der Waals surface area contributed by atoms with Gasteiger partial charge < -0.3 is 11.1 Å². The van der Waals surface area contributed by atoms with E-state index in [0.717, 1.165) is 18.4 Å². The molecule has 6 nitrogen and oxygen atoms in total. The summed E-state index contributed by atoms with van der Waals surface area (Å²) >= 11 is 0. The van der Waals surface area contributed by atoms with Gasteiger partial charge in [-0.2, -0.15) is 5.10 Å². The number of aromatic nitrogens is 3. The Balaban J connectivity index is 2.38. The number of nitrogens with two attached hydrogens (primary N) is 1. The minimum Gasteiger partial charge on any atom is -0.368 e. The van der Waals surface area contributed by atoms with Crippen LogP contribution in [0.25, 0.3) is 10.9 Å². The molecule has 0 unspecified atom stereocenters. The van der Waals surface area contributed by atoms with Crippen molar-refractivity contribution in [1.82, 2.24) is 15.2 Å². The molecule has 84 valence electrons. The Bertz CT molecular complexity index is 536. The highest BCUT2D eigenvalue weighted by Gasteiger charge is 2.05. The van der Waals surface area contributed by atoms with E-state index in [1.54, 1.807) is 12.3 Å². The average molecular weight is 219 g/mol. The van der Waals surface area contributed by atoms with Gasteiger partial charge in [-0.3, -0.25) is 9.78 Å². The average Bonchev–Trinajstić information content (AvgIpc) is 2.33. The van der Waals surface area contributed by atoms with Gasteiger partial charge in [-0.25, -0.2) is 5.10 Å². The Kier molecular flexibility index (Phi) is 3.11. The molecule has 2 aromatic heterocycles. The van der Waals surface area contributed by atoms with Gasteiger partial charge in [-0.1, -0.05) is 0 Å². The molecule has 0 saturated heterocycles. The molecule has 0 aromatic carbocycles. The van der Waals surface area contributed by atoms with Crippen molar-refractivity contribution in [1.29, 1.82) is 0 Å². The Morgan fingerprint density at radius 2 is 2.38 bits per heavy atom. The van der Waals surface area contributed by atoms with Crippen molar-refractivity contribution in [2.45, 2.75) is 6.42 Å². The van der Waals surface area contributed by atoms with Gasteiger partial charge in [0.25, 0.3) is 5.56 Å². The molecule has 4 N–H and O–H groups in total. The second-order valence-corrected chi connectivity index (χ2v) is 3.37. The van der Waals surface area contributed by atoms with Gasteiger partial charge in [-0.15, -0.1) is 0 Å². The maximum absolute atomic E-state index is 11.4. The number of hydrogen-bond donors (Lipinski definition) is 3. The number of hydrogen-bond acceptors (Lipinski definition) is 5. The number of nitrogens with zero attached hydrogens (tertiary/aromatic N) is 2. The van der Waals surface area contributed by atoms with E-state index in [1.165, 1.54) is 0 Å². The van der Waals surface area contributed by atoms with Crippen LogP contribution in [0.4, 0.5) is 5.82 Å². The fraction of sp³-hybridized carbons (Fsp3) is 0.300. The number of aromatic amines is 1. The van der Waals surface area contributed by atoms with Crippen LogP contribution in [0.15, 0.2) is 23.1 Å². The van der Waals surface area contributed by atoms with Crippen LogP contribution in [0.5, 0.6) is 0 Å². The molecule has 2 heterocycles. The van der Waals surface area contributed by atoms with Crippen molar-refractivity contribution < 1.29 is 0 Å². The fourth-order valence-corrected chi connectivity index (χ4v) is 1.44. The molecular formula is C10H13N5O. The topological polar surface area (TPSA) is 96.7 Å². The van der Waals surface area contributed by atoms with Crippen LogP contribution in [-0.2, 0) is 0 Å². The lowest BCUT2D eigenvalue weighted by atomic mass is 10.2. The van der Waals surface area contributed by atoms with Crippen LogP contribution in [0.2, 0.25) is 0 Å². The van der Waals surface area contributed by atoms with Crippen molar-refractivity contribution in [3.8, 4) is 0 Å². The smallest absolute Gasteiger partial charge is 0.290 e. The molecule has 0 radical (unpaired) electrons. The third kappa shape index (κ3) is 2.01. The van der Waals surface area contributed by atoms with Crippen LogP contribution < -0.4 is 16.6 Å². The number of H-pyrrole nitrogens is 1. The van der Waals surface area contributed by atoms with Crippen molar-refractivity contribution in [3.63, 3.8) is 0 Å². The zero-order chi connectivity index (χ0) is 11.4. The minimum absolute atomic E-state index is 0.278. The first-order valence-electron chi connectivity index (χ1n) is 5.10. The van der Waals surface area contributed by atoms with Gasteiger partial charge in [0.15, 0.2) is 5.82 Å². The lowest BCUT2D eigenvalue weighted by molar-refractivity contribution is 0.864. The molecule has 0 saturated carbocycles. The van der Waals surface area contributed by atoms with E-state index in [1.807, 2.05) is 6.07 Å². The summed E-state index contributed by atoms with van der Waals surface area (Å²) in [4.78, 5) is 15.5. The van der Waals surface area contributed by atoms with Gasteiger partial charge in [-0.05, 0) is 25.1 Å². The highest BCUT2D eigenvalue weighted by molar-refractivity contribution is 5.87. The van der Waals surface area contributed by atoms with Crippen molar-refractivity contribution in [2.24, 2.45) is 5.73 Å². The van der Waals surface area contributed by atoms with E-state index >= 15 is 0 Å². The molecule has 16 heavy (non-hydrogen) atoms. The molecular weight excluding hydrogens is 206 g/mol. The minimum atomic E-state index is -0.278. The SMILES string of the molecule is NCCCNc1n[nH]c(=O)c2ncccc12. The summed E-state index contributed by atoms with van der Waals surface area (Å²) in [5.41, 5.74) is 5.52. The maximum atomic E-state index is 11.4. The zero-order valence-corrected chi connectivity index (χ0v) is 8.73. The molecule has 0 bridgehead atoms. The zero-order valence-electron chi connectivity index (χ0n) is 8.73. The summed E-state index contributed by atoms with van der Waals surface area (Å²) in [6.45, 7) is 1.34. The molecule has 6 heteroatoms. The highest BCUT2D eigenvalue weighted by Crippen LogP contribution is 2.14. The Labute approximate surface area is 91.9 Å².